The van der Waals surface area contributed by atoms with E-state index in [1.54, 1.807) is 0 Å². The van der Waals surface area contributed by atoms with Crippen LogP contribution in [0.3, 0.4) is 0 Å². The lowest BCUT2D eigenvalue weighted by molar-refractivity contribution is 0.0792. The molecule has 0 bridgehead atoms. The van der Waals surface area contributed by atoms with E-state index in [9.17, 15) is 4.79 Å². The zero-order valence-corrected chi connectivity index (χ0v) is 16.8. The first kappa shape index (κ1) is 19.5. The molecule has 0 unspecified atom stereocenters. The van der Waals surface area contributed by atoms with E-state index in [0.717, 1.165) is 24.9 Å². The lowest BCUT2D eigenvalue weighted by Crippen LogP contribution is -2.45. The molecule has 2 heterocycles. The number of carbonyl (C=O) groups excluding carboxylic acids is 1. The maximum atomic E-state index is 12.5. The highest BCUT2D eigenvalue weighted by Gasteiger charge is 2.41. The van der Waals surface area contributed by atoms with Crippen molar-refractivity contribution in [1.29, 1.82) is 5.26 Å². The smallest absolute Gasteiger partial charge is 0.319 e. The number of nitriles is 1. The van der Waals surface area contributed by atoms with Crippen molar-refractivity contribution in [2.45, 2.75) is 44.2 Å². The average Bonchev–Trinajstić information content (AvgIpc) is 3.48. The van der Waals surface area contributed by atoms with Gasteiger partial charge in [0, 0.05) is 31.5 Å². The molecule has 7 heteroatoms. The standard InChI is InChI=1S/C22H28N6O/c1-27-20(10-12-25-27)21-17(5-3-13-28(21)19-7-8-19)15-24-22(29)26-18-6-2-4-16(14-18)9-11-23/h2,4,6,10,12,14,17,19,21H,3,5,7-9,13,15H2,1H3,(H2,24,26,29)/t17-,21+/m1/s1. The fourth-order valence-corrected chi connectivity index (χ4v) is 4.47. The number of anilines is 1. The third kappa shape index (κ3) is 4.60. The van der Waals surface area contributed by atoms with Gasteiger partial charge >= 0.3 is 6.03 Å². The molecule has 2 aliphatic rings. The summed E-state index contributed by atoms with van der Waals surface area (Å²) in [5.74, 6) is 0.357. The maximum absolute atomic E-state index is 12.5. The number of nitrogens with one attached hydrogen (secondary N) is 2. The summed E-state index contributed by atoms with van der Waals surface area (Å²) in [4.78, 5) is 15.1. The lowest BCUT2D eigenvalue weighted by atomic mass is 9.86. The Labute approximate surface area is 171 Å². The van der Waals surface area contributed by atoms with Crippen LogP contribution in [0.25, 0.3) is 0 Å². The Morgan fingerprint density at radius 3 is 2.90 bits per heavy atom. The molecule has 1 aliphatic heterocycles. The minimum Gasteiger partial charge on any atom is -0.338 e. The summed E-state index contributed by atoms with van der Waals surface area (Å²) in [5.41, 5.74) is 2.84. The van der Waals surface area contributed by atoms with Crippen LogP contribution < -0.4 is 10.6 Å². The van der Waals surface area contributed by atoms with Crippen LogP contribution in [-0.2, 0) is 13.5 Å². The van der Waals surface area contributed by atoms with E-state index in [0.29, 0.717) is 36.7 Å². The molecular weight excluding hydrogens is 364 g/mol. The molecule has 1 saturated carbocycles. The molecule has 2 atom stereocenters. The molecule has 2 amide bonds. The van der Waals surface area contributed by atoms with Crippen LogP contribution in [0.4, 0.5) is 10.5 Å². The Kier molecular flexibility index (Phi) is 5.81. The van der Waals surface area contributed by atoms with Crippen LogP contribution in [0.15, 0.2) is 36.5 Å². The van der Waals surface area contributed by atoms with Gasteiger partial charge in [-0.1, -0.05) is 12.1 Å². The minimum atomic E-state index is -0.202. The zero-order chi connectivity index (χ0) is 20.2. The third-order valence-electron chi connectivity index (χ3n) is 5.97. The number of hydrogen-bond acceptors (Lipinski definition) is 4. The maximum Gasteiger partial charge on any atom is 0.319 e. The van der Waals surface area contributed by atoms with Gasteiger partial charge < -0.3 is 10.6 Å². The summed E-state index contributed by atoms with van der Waals surface area (Å²) in [5, 5.41) is 19.2. The van der Waals surface area contributed by atoms with Crippen molar-refractivity contribution in [3.63, 3.8) is 0 Å². The first-order chi connectivity index (χ1) is 14.2. The molecule has 0 spiro atoms. The number of urea groups is 1. The van der Waals surface area contributed by atoms with E-state index in [-0.39, 0.29) is 6.03 Å². The number of hydrogen-bond donors (Lipinski definition) is 2. The Balaban J connectivity index is 1.41. The predicted octanol–water partition coefficient (Wildman–Crippen LogP) is 3.22. The summed E-state index contributed by atoms with van der Waals surface area (Å²) >= 11 is 0. The molecule has 0 radical (unpaired) electrons. The number of amides is 2. The van der Waals surface area contributed by atoms with Gasteiger partial charge in [-0.3, -0.25) is 9.58 Å². The van der Waals surface area contributed by atoms with Gasteiger partial charge in [0.25, 0.3) is 0 Å². The van der Waals surface area contributed by atoms with Gasteiger partial charge in [-0.25, -0.2) is 4.79 Å². The minimum absolute atomic E-state index is 0.202. The van der Waals surface area contributed by atoms with Crippen LogP contribution in [0.2, 0.25) is 0 Å². The van der Waals surface area contributed by atoms with E-state index in [1.165, 1.54) is 18.5 Å². The third-order valence-corrected chi connectivity index (χ3v) is 5.97. The Bertz CT molecular complexity index is 897. The molecule has 2 aromatic rings. The number of benzene rings is 1. The van der Waals surface area contributed by atoms with Crippen LogP contribution in [0.1, 0.15) is 43.0 Å². The monoisotopic (exact) mass is 392 g/mol. The molecule has 29 heavy (non-hydrogen) atoms. The fraction of sp³-hybridized carbons (Fsp3) is 0.500. The SMILES string of the molecule is Cn1nccc1[C@@H]1[C@@H](CNC(=O)Nc2cccc(CC#N)c2)CCCN1C1CC1. The highest BCUT2D eigenvalue weighted by molar-refractivity contribution is 5.89. The van der Waals surface area contributed by atoms with Crippen LogP contribution >= 0.6 is 0 Å². The Morgan fingerprint density at radius 2 is 2.17 bits per heavy atom. The summed E-state index contributed by atoms with van der Waals surface area (Å²) in [6, 6.07) is 12.4. The van der Waals surface area contributed by atoms with Crippen molar-refractivity contribution in [2.75, 3.05) is 18.4 Å². The summed E-state index contributed by atoms with van der Waals surface area (Å²) < 4.78 is 1.97. The number of piperidine rings is 1. The fourth-order valence-electron chi connectivity index (χ4n) is 4.47. The van der Waals surface area contributed by atoms with Gasteiger partial charge in [-0.05, 0) is 61.9 Å². The first-order valence-electron chi connectivity index (χ1n) is 10.4. The van der Waals surface area contributed by atoms with Crippen molar-refractivity contribution in [3.05, 3.63) is 47.8 Å². The first-order valence-corrected chi connectivity index (χ1v) is 10.4. The molecule has 1 aromatic carbocycles. The molecule has 1 saturated heterocycles. The van der Waals surface area contributed by atoms with E-state index >= 15 is 0 Å². The highest BCUT2D eigenvalue weighted by atomic mass is 16.2. The van der Waals surface area contributed by atoms with E-state index in [4.69, 9.17) is 5.26 Å². The summed E-state index contributed by atoms with van der Waals surface area (Å²) in [6.45, 7) is 1.75. The molecular formula is C22H28N6O. The summed E-state index contributed by atoms with van der Waals surface area (Å²) in [6.07, 6.45) is 7.00. The summed E-state index contributed by atoms with van der Waals surface area (Å²) in [7, 11) is 2.00. The van der Waals surface area contributed by atoms with Crippen LogP contribution in [0, 0.1) is 17.2 Å². The van der Waals surface area contributed by atoms with Crippen LogP contribution in [-0.4, -0.2) is 39.8 Å². The second-order valence-electron chi connectivity index (χ2n) is 8.07. The van der Waals surface area contributed by atoms with E-state index < -0.39 is 0 Å². The Hall–Kier alpha value is -2.85. The molecule has 4 rings (SSSR count). The molecule has 152 valence electrons. The lowest BCUT2D eigenvalue weighted by Gasteiger charge is -2.41. The second-order valence-corrected chi connectivity index (χ2v) is 8.07. The highest BCUT2D eigenvalue weighted by Crippen LogP contribution is 2.42. The number of carbonyl (C=O) groups is 1. The van der Waals surface area contributed by atoms with Gasteiger partial charge in [0.15, 0.2) is 0 Å². The van der Waals surface area contributed by atoms with Crippen molar-refractivity contribution < 1.29 is 4.79 Å². The topological polar surface area (TPSA) is 86.0 Å². The number of rotatable bonds is 6. The van der Waals surface area contributed by atoms with Crippen LogP contribution in [0.5, 0.6) is 0 Å². The van der Waals surface area contributed by atoms with Gasteiger partial charge in [0.1, 0.15) is 0 Å². The number of nitrogens with zero attached hydrogens (tertiary/aromatic N) is 4. The number of likely N-dealkylation sites (tertiary alicyclic amines) is 1. The van der Waals surface area contributed by atoms with Crippen molar-refractivity contribution >= 4 is 11.7 Å². The van der Waals surface area contributed by atoms with Gasteiger partial charge in [0.05, 0.1) is 24.2 Å². The molecule has 1 aromatic heterocycles. The van der Waals surface area contributed by atoms with Crippen molar-refractivity contribution in [1.82, 2.24) is 20.0 Å². The number of aromatic nitrogens is 2. The largest absolute Gasteiger partial charge is 0.338 e. The quantitative estimate of drug-likeness (QED) is 0.790. The zero-order valence-electron chi connectivity index (χ0n) is 16.8. The van der Waals surface area contributed by atoms with E-state index in [2.05, 4.69) is 32.8 Å². The van der Waals surface area contributed by atoms with E-state index in [1.807, 2.05) is 42.2 Å². The van der Waals surface area contributed by atoms with Gasteiger partial charge in [-0.2, -0.15) is 10.4 Å². The average molecular weight is 393 g/mol. The normalized spacial score (nSPS) is 22.1. The van der Waals surface area contributed by atoms with Crippen molar-refractivity contribution in [2.24, 2.45) is 13.0 Å². The van der Waals surface area contributed by atoms with Crippen molar-refractivity contribution in [3.8, 4) is 6.07 Å². The predicted molar refractivity (Wildman–Crippen MR) is 111 cm³/mol. The molecule has 1 aliphatic carbocycles. The Morgan fingerprint density at radius 1 is 1.31 bits per heavy atom. The molecule has 7 nitrogen and oxygen atoms in total. The molecule has 2 N–H and O–H groups in total. The van der Waals surface area contributed by atoms with Gasteiger partial charge in [0.2, 0.25) is 0 Å². The van der Waals surface area contributed by atoms with Gasteiger partial charge in [-0.15, -0.1) is 0 Å². The number of aryl methyl sites for hydroxylation is 1. The molecule has 2 fully saturated rings. The second kappa shape index (κ2) is 8.66.